The maximum atomic E-state index is 13.6. The molecule has 1 aromatic carbocycles. The topological polar surface area (TPSA) is 103 Å². The van der Waals surface area contributed by atoms with Crippen molar-refractivity contribution < 1.29 is 28.2 Å². The average Bonchev–Trinajstić information content (AvgIpc) is 3.45. The molecule has 2 fully saturated rings. The van der Waals surface area contributed by atoms with Crippen molar-refractivity contribution in [2.45, 2.75) is 43.9 Å². The van der Waals surface area contributed by atoms with Crippen LogP contribution < -0.4 is 4.90 Å². The van der Waals surface area contributed by atoms with E-state index in [1.165, 1.54) is 22.3 Å². The lowest BCUT2D eigenvalue weighted by Gasteiger charge is -2.38. The van der Waals surface area contributed by atoms with Crippen molar-refractivity contribution in [3.05, 3.63) is 29.3 Å². The second kappa shape index (κ2) is 7.13. The van der Waals surface area contributed by atoms with Crippen LogP contribution in [-0.4, -0.2) is 62.8 Å². The Bertz CT molecular complexity index is 1120. The zero-order valence-corrected chi connectivity index (χ0v) is 17.4. The summed E-state index contributed by atoms with van der Waals surface area (Å²) in [5.74, 6) is 0. The molecule has 0 aliphatic carbocycles. The average molecular weight is 450 g/mol. The molecule has 2 aliphatic heterocycles. The molecule has 11 heteroatoms. The summed E-state index contributed by atoms with van der Waals surface area (Å²) in [4.78, 5) is 23.7. The quantitative estimate of drug-likeness (QED) is 0.624. The smallest absolute Gasteiger partial charge is 0.407 e. The maximum Gasteiger partial charge on any atom is 0.407 e. The number of nitrogens with zero attached hydrogens (tertiary/aromatic N) is 4. The van der Waals surface area contributed by atoms with Crippen LogP contribution in [0.4, 0.5) is 19.6 Å². The number of aromatic nitrogens is 2. The van der Waals surface area contributed by atoms with Gasteiger partial charge in [0.2, 0.25) is 0 Å². The van der Waals surface area contributed by atoms with Crippen LogP contribution in [0.1, 0.15) is 25.3 Å². The summed E-state index contributed by atoms with van der Waals surface area (Å²) >= 11 is 1.37. The molecule has 3 unspecified atom stereocenters. The summed E-state index contributed by atoms with van der Waals surface area (Å²) in [5, 5.41) is 22.4. The van der Waals surface area contributed by atoms with Gasteiger partial charge in [0.15, 0.2) is 5.58 Å². The molecule has 31 heavy (non-hydrogen) atoms. The number of alkyl halides is 2. The lowest BCUT2D eigenvalue weighted by Crippen LogP contribution is -2.55. The predicted molar refractivity (Wildman–Crippen MR) is 110 cm³/mol. The van der Waals surface area contributed by atoms with E-state index in [-0.39, 0.29) is 34.8 Å². The highest BCUT2D eigenvalue weighted by atomic mass is 32.1. The van der Waals surface area contributed by atoms with E-state index in [1.54, 1.807) is 17.6 Å². The number of anilines is 1. The lowest BCUT2D eigenvalue weighted by atomic mass is 9.94. The number of carbonyl (C=O) groups is 1. The summed E-state index contributed by atoms with van der Waals surface area (Å²) < 4.78 is 33.3. The van der Waals surface area contributed by atoms with Crippen LogP contribution in [0.5, 0.6) is 0 Å². The summed E-state index contributed by atoms with van der Waals surface area (Å²) in [6, 6.07) is 2.92. The van der Waals surface area contributed by atoms with Crippen LogP contribution >= 0.6 is 11.3 Å². The standard InChI is InChI=1S/C20H20F2N4O4S/c1-20(29,17(21)22)13-5-4-12(16-23-6-7-31-16)15-14(13)24-18(30-15)25-8-10-2-3-11(9-25)26(10)19(27)28/h4-7,10-11,17,29H,2-3,8-9H2,1H3,(H,27,28). The molecular weight excluding hydrogens is 430 g/mol. The van der Waals surface area contributed by atoms with Crippen molar-refractivity contribution in [2.24, 2.45) is 0 Å². The SMILES string of the molecule is CC(O)(c1ccc(-c2nccs2)c2oc(N3CC4CCC(C3)N4C(=O)O)nc12)C(F)F. The number of hydrogen-bond donors (Lipinski definition) is 2. The third kappa shape index (κ3) is 3.14. The number of piperazine rings is 1. The van der Waals surface area contributed by atoms with Crippen LogP contribution in [-0.2, 0) is 5.60 Å². The van der Waals surface area contributed by atoms with Crippen LogP contribution in [0.2, 0.25) is 0 Å². The maximum absolute atomic E-state index is 13.6. The van der Waals surface area contributed by atoms with E-state index >= 15 is 0 Å². The van der Waals surface area contributed by atoms with Gasteiger partial charge < -0.3 is 19.5 Å². The molecule has 3 aromatic rings. The van der Waals surface area contributed by atoms with Crippen LogP contribution in [0.25, 0.3) is 21.7 Å². The van der Waals surface area contributed by atoms with Crippen LogP contribution in [0.15, 0.2) is 28.1 Å². The fourth-order valence-electron chi connectivity index (χ4n) is 4.55. The van der Waals surface area contributed by atoms with Gasteiger partial charge in [-0.25, -0.2) is 18.6 Å². The molecule has 0 saturated carbocycles. The van der Waals surface area contributed by atoms with Crippen molar-refractivity contribution in [1.29, 1.82) is 0 Å². The highest BCUT2D eigenvalue weighted by Crippen LogP contribution is 2.41. The number of oxazole rings is 1. The number of rotatable bonds is 4. The molecule has 4 heterocycles. The number of halogens is 2. The van der Waals surface area contributed by atoms with Gasteiger partial charge in [-0.2, -0.15) is 4.98 Å². The Balaban J connectivity index is 1.61. The van der Waals surface area contributed by atoms with E-state index < -0.39 is 18.1 Å². The molecule has 0 radical (unpaired) electrons. The third-order valence-corrected chi connectivity index (χ3v) is 6.95. The molecular formula is C20H20F2N4O4S. The van der Waals surface area contributed by atoms with Gasteiger partial charge in [-0.05, 0) is 25.8 Å². The number of aliphatic hydroxyl groups is 1. The van der Waals surface area contributed by atoms with Crippen molar-refractivity contribution in [3.63, 3.8) is 0 Å². The van der Waals surface area contributed by atoms with Gasteiger partial charge in [0.1, 0.15) is 16.1 Å². The van der Waals surface area contributed by atoms with E-state index in [1.807, 2.05) is 4.90 Å². The second-order valence-electron chi connectivity index (χ2n) is 8.10. The first kappa shape index (κ1) is 20.1. The molecule has 3 atom stereocenters. The Labute approximate surface area is 179 Å². The fourth-order valence-corrected chi connectivity index (χ4v) is 5.21. The van der Waals surface area contributed by atoms with E-state index in [0.29, 0.717) is 23.7 Å². The first-order valence-corrected chi connectivity index (χ1v) is 10.8. The monoisotopic (exact) mass is 450 g/mol. The van der Waals surface area contributed by atoms with Gasteiger partial charge in [0, 0.05) is 30.2 Å². The van der Waals surface area contributed by atoms with Gasteiger partial charge in [0.05, 0.1) is 17.6 Å². The second-order valence-corrected chi connectivity index (χ2v) is 8.99. The molecule has 2 aliphatic rings. The minimum atomic E-state index is -3.02. The van der Waals surface area contributed by atoms with Gasteiger partial charge >= 0.3 is 6.09 Å². The van der Waals surface area contributed by atoms with Crippen molar-refractivity contribution in [1.82, 2.24) is 14.9 Å². The molecule has 2 aromatic heterocycles. The molecule has 0 spiro atoms. The highest BCUT2D eigenvalue weighted by molar-refractivity contribution is 7.13. The molecule has 2 saturated heterocycles. The largest absolute Gasteiger partial charge is 0.465 e. The minimum absolute atomic E-state index is 0.0278. The Morgan fingerprint density at radius 3 is 2.61 bits per heavy atom. The summed E-state index contributed by atoms with van der Waals surface area (Å²) in [5.41, 5.74) is -1.41. The van der Waals surface area contributed by atoms with E-state index in [2.05, 4.69) is 9.97 Å². The van der Waals surface area contributed by atoms with Crippen LogP contribution in [0, 0.1) is 0 Å². The van der Waals surface area contributed by atoms with Gasteiger partial charge in [0.25, 0.3) is 12.4 Å². The zero-order valence-electron chi connectivity index (χ0n) is 16.5. The number of fused-ring (bicyclic) bond motifs is 3. The first-order valence-electron chi connectivity index (χ1n) is 9.88. The van der Waals surface area contributed by atoms with Crippen molar-refractivity contribution >= 4 is 34.5 Å². The van der Waals surface area contributed by atoms with Gasteiger partial charge in [-0.1, -0.05) is 6.07 Å². The summed E-state index contributed by atoms with van der Waals surface area (Å²) in [7, 11) is 0. The lowest BCUT2D eigenvalue weighted by molar-refractivity contribution is -0.0874. The number of amides is 1. The number of hydrogen-bond acceptors (Lipinski definition) is 7. The first-order chi connectivity index (χ1) is 14.8. The Morgan fingerprint density at radius 1 is 1.32 bits per heavy atom. The predicted octanol–water partition coefficient (Wildman–Crippen LogP) is 3.75. The van der Waals surface area contributed by atoms with Crippen LogP contribution in [0.3, 0.4) is 0 Å². The Morgan fingerprint density at radius 2 is 2.03 bits per heavy atom. The minimum Gasteiger partial charge on any atom is -0.465 e. The van der Waals surface area contributed by atoms with Crippen molar-refractivity contribution in [2.75, 3.05) is 18.0 Å². The molecule has 1 amide bonds. The van der Waals surface area contributed by atoms with E-state index in [0.717, 1.165) is 19.8 Å². The fraction of sp³-hybridized carbons (Fsp3) is 0.450. The summed E-state index contributed by atoms with van der Waals surface area (Å²) in [6.07, 6.45) is -0.815. The third-order valence-electron chi connectivity index (χ3n) is 6.14. The molecule has 2 bridgehead atoms. The van der Waals surface area contributed by atoms with Crippen molar-refractivity contribution in [3.8, 4) is 10.6 Å². The van der Waals surface area contributed by atoms with Gasteiger partial charge in [-0.3, -0.25) is 4.90 Å². The van der Waals surface area contributed by atoms with Gasteiger partial charge in [-0.15, -0.1) is 11.3 Å². The normalized spacial score (nSPS) is 23.0. The highest BCUT2D eigenvalue weighted by Gasteiger charge is 2.44. The molecule has 5 rings (SSSR count). The number of thiazole rings is 1. The summed E-state index contributed by atoms with van der Waals surface area (Å²) in [6.45, 7) is 1.86. The Kier molecular flexibility index (Phi) is 4.63. The Hall–Kier alpha value is -2.79. The molecule has 164 valence electrons. The molecule has 8 nitrogen and oxygen atoms in total. The van der Waals surface area contributed by atoms with E-state index in [9.17, 15) is 23.8 Å². The van der Waals surface area contributed by atoms with E-state index in [4.69, 9.17) is 4.42 Å². The number of benzene rings is 1. The zero-order chi connectivity index (χ0) is 21.9. The molecule has 2 N–H and O–H groups in total. The number of carboxylic acid groups (broad SMARTS) is 1.